The van der Waals surface area contributed by atoms with Crippen molar-refractivity contribution >= 4 is 21.8 Å². The molecule has 0 aromatic heterocycles. The minimum Gasteiger partial charge on any atom is -0.368 e. The first-order chi connectivity index (χ1) is 8.58. The van der Waals surface area contributed by atoms with Crippen molar-refractivity contribution in [1.29, 1.82) is 0 Å². The maximum absolute atomic E-state index is 11.9. The third kappa shape index (κ3) is 2.75. The van der Waals surface area contributed by atoms with Gasteiger partial charge in [0.1, 0.15) is 5.54 Å². The molecule has 1 atom stereocenters. The quantitative estimate of drug-likeness (QED) is 0.848. The van der Waals surface area contributed by atoms with Crippen LogP contribution in [0.4, 0.5) is 0 Å². The standard InChI is InChI=1S/C14H19BrN2O/c1-2-14(13(16)18,17-9-10-6-7-10)11-4-3-5-12(15)8-11/h3-5,8,10,17H,2,6-7,9H2,1H3,(H2,16,18). The number of benzene rings is 1. The van der Waals surface area contributed by atoms with E-state index in [1.54, 1.807) is 0 Å². The van der Waals surface area contributed by atoms with E-state index in [1.165, 1.54) is 12.8 Å². The molecule has 0 spiro atoms. The molecule has 0 heterocycles. The summed E-state index contributed by atoms with van der Waals surface area (Å²) in [5, 5.41) is 3.39. The Morgan fingerprint density at radius 2 is 2.28 bits per heavy atom. The average molecular weight is 311 g/mol. The predicted octanol–water partition coefficient (Wildman–Crippen LogP) is 2.54. The molecule has 3 N–H and O–H groups in total. The zero-order valence-corrected chi connectivity index (χ0v) is 12.2. The van der Waals surface area contributed by atoms with Crippen LogP contribution in [0.2, 0.25) is 0 Å². The van der Waals surface area contributed by atoms with Crippen LogP contribution in [-0.4, -0.2) is 12.5 Å². The number of hydrogen-bond donors (Lipinski definition) is 2. The van der Waals surface area contributed by atoms with Gasteiger partial charge in [-0.3, -0.25) is 10.1 Å². The molecule has 1 aromatic rings. The smallest absolute Gasteiger partial charge is 0.242 e. The molecule has 98 valence electrons. The monoisotopic (exact) mass is 310 g/mol. The summed E-state index contributed by atoms with van der Waals surface area (Å²) < 4.78 is 0.965. The van der Waals surface area contributed by atoms with E-state index in [0.717, 1.165) is 16.6 Å². The summed E-state index contributed by atoms with van der Waals surface area (Å²) in [6, 6.07) is 7.81. The Balaban J connectivity index is 2.29. The maximum Gasteiger partial charge on any atom is 0.242 e. The molecule has 1 aliphatic rings. The van der Waals surface area contributed by atoms with Crippen LogP contribution in [0.1, 0.15) is 31.7 Å². The van der Waals surface area contributed by atoms with E-state index < -0.39 is 5.54 Å². The lowest BCUT2D eigenvalue weighted by molar-refractivity contribution is -0.125. The number of hydrogen-bond acceptors (Lipinski definition) is 2. The first kappa shape index (κ1) is 13.6. The highest BCUT2D eigenvalue weighted by atomic mass is 79.9. The molecule has 0 radical (unpaired) electrons. The van der Waals surface area contributed by atoms with E-state index in [9.17, 15) is 4.79 Å². The molecule has 2 rings (SSSR count). The van der Waals surface area contributed by atoms with Crippen molar-refractivity contribution in [2.45, 2.75) is 31.7 Å². The maximum atomic E-state index is 11.9. The fourth-order valence-electron chi connectivity index (χ4n) is 2.23. The first-order valence-corrected chi connectivity index (χ1v) is 7.19. The Morgan fingerprint density at radius 3 is 2.78 bits per heavy atom. The Morgan fingerprint density at radius 1 is 1.56 bits per heavy atom. The number of amides is 1. The summed E-state index contributed by atoms with van der Waals surface area (Å²) in [6.07, 6.45) is 3.17. The lowest BCUT2D eigenvalue weighted by Crippen LogP contribution is -2.53. The molecule has 1 aliphatic carbocycles. The van der Waals surface area contributed by atoms with Gasteiger partial charge in [0.15, 0.2) is 0 Å². The van der Waals surface area contributed by atoms with Crippen molar-refractivity contribution < 1.29 is 4.79 Å². The van der Waals surface area contributed by atoms with E-state index >= 15 is 0 Å². The van der Waals surface area contributed by atoms with Gasteiger partial charge in [-0.1, -0.05) is 35.0 Å². The number of nitrogens with one attached hydrogen (secondary N) is 1. The number of carbonyl (C=O) groups is 1. The second-order valence-electron chi connectivity index (χ2n) is 4.96. The van der Waals surface area contributed by atoms with Crippen LogP contribution in [0.5, 0.6) is 0 Å². The summed E-state index contributed by atoms with van der Waals surface area (Å²) in [4.78, 5) is 11.9. The van der Waals surface area contributed by atoms with Crippen LogP contribution in [0, 0.1) is 5.92 Å². The number of primary amides is 1. The highest BCUT2D eigenvalue weighted by Crippen LogP contribution is 2.32. The summed E-state index contributed by atoms with van der Waals surface area (Å²) in [5.74, 6) is 0.408. The second kappa shape index (κ2) is 5.41. The number of nitrogens with two attached hydrogens (primary N) is 1. The fourth-order valence-corrected chi connectivity index (χ4v) is 2.63. The molecule has 1 unspecified atom stereocenters. The molecule has 0 saturated heterocycles. The van der Waals surface area contributed by atoms with Crippen LogP contribution in [0.25, 0.3) is 0 Å². The average Bonchev–Trinajstić information content (AvgIpc) is 3.14. The topological polar surface area (TPSA) is 55.1 Å². The van der Waals surface area contributed by atoms with E-state index in [0.29, 0.717) is 12.3 Å². The van der Waals surface area contributed by atoms with Gasteiger partial charge in [-0.05, 0) is 49.4 Å². The van der Waals surface area contributed by atoms with E-state index in [1.807, 2.05) is 31.2 Å². The summed E-state index contributed by atoms with van der Waals surface area (Å²) in [7, 11) is 0. The van der Waals surface area contributed by atoms with Gasteiger partial charge in [-0.15, -0.1) is 0 Å². The van der Waals surface area contributed by atoms with Crippen molar-refractivity contribution in [2.24, 2.45) is 11.7 Å². The second-order valence-corrected chi connectivity index (χ2v) is 5.87. The minimum absolute atomic E-state index is 0.302. The molecular weight excluding hydrogens is 292 g/mol. The Hall–Kier alpha value is -0.870. The van der Waals surface area contributed by atoms with Gasteiger partial charge in [-0.2, -0.15) is 0 Å². The van der Waals surface area contributed by atoms with Crippen molar-refractivity contribution in [2.75, 3.05) is 6.54 Å². The minimum atomic E-state index is -0.744. The lowest BCUT2D eigenvalue weighted by Gasteiger charge is -2.31. The summed E-state index contributed by atoms with van der Waals surface area (Å²) in [6.45, 7) is 2.86. The van der Waals surface area contributed by atoms with Crippen molar-refractivity contribution in [3.8, 4) is 0 Å². The SMILES string of the molecule is CCC(NCC1CC1)(C(N)=O)c1cccc(Br)c1. The molecule has 1 aromatic carbocycles. The van der Waals surface area contributed by atoms with Crippen molar-refractivity contribution in [3.63, 3.8) is 0 Å². The fraction of sp³-hybridized carbons (Fsp3) is 0.500. The van der Waals surface area contributed by atoms with Crippen LogP contribution in [-0.2, 0) is 10.3 Å². The number of halogens is 1. The Bertz CT molecular complexity index is 445. The van der Waals surface area contributed by atoms with Crippen LogP contribution < -0.4 is 11.1 Å². The molecule has 0 bridgehead atoms. The molecule has 4 heteroatoms. The molecule has 18 heavy (non-hydrogen) atoms. The van der Waals surface area contributed by atoms with E-state index in [2.05, 4.69) is 21.2 Å². The van der Waals surface area contributed by atoms with Gasteiger partial charge in [0.05, 0.1) is 0 Å². The van der Waals surface area contributed by atoms with Gasteiger partial charge in [-0.25, -0.2) is 0 Å². The highest BCUT2D eigenvalue weighted by Gasteiger charge is 2.38. The van der Waals surface area contributed by atoms with Crippen molar-refractivity contribution in [1.82, 2.24) is 5.32 Å². The predicted molar refractivity (Wildman–Crippen MR) is 76.0 cm³/mol. The van der Waals surface area contributed by atoms with Crippen molar-refractivity contribution in [3.05, 3.63) is 34.3 Å². The highest BCUT2D eigenvalue weighted by molar-refractivity contribution is 9.10. The van der Waals surface area contributed by atoms with Gasteiger partial charge in [0, 0.05) is 4.47 Å². The zero-order valence-electron chi connectivity index (χ0n) is 10.6. The lowest BCUT2D eigenvalue weighted by atomic mass is 9.86. The van der Waals surface area contributed by atoms with Gasteiger partial charge in [0.2, 0.25) is 5.91 Å². The third-order valence-electron chi connectivity index (χ3n) is 3.66. The molecule has 3 nitrogen and oxygen atoms in total. The summed E-state index contributed by atoms with van der Waals surface area (Å²) in [5.41, 5.74) is 5.85. The van der Waals surface area contributed by atoms with Gasteiger partial charge >= 0.3 is 0 Å². The molecule has 0 aliphatic heterocycles. The van der Waals surface area contributed by atoms with Crippen LogP contribution >= 0.6 is 15.9 Å². The number of rotatable bonds is 6. The van der Waals surface area contributed by atoms with E-state index in [-0.39, 0.29) is 5.91 Å². The molecular formula is C14H19BrN2O. The Kier molecular flexibility index (Phi) is 4.07. The Labute approximate surface area is 116 Å². The summed E-state index contributed by atoms with van der Waals surface area (Å²) >= 11 is 3.45. The molecule has 1 amide bonds. The largest absolute Gasteiger partial charge is 0.368 e. The van der Waals surface area contributed by atoms with E-state index in [4.69, 9.17) is 5.73 Å². The first-order valence-electron chi connectivity index (χ1n) is 6.39. The molecule has 1 saturated carbocycles. The zero-order chi connectivity index (χ0) is 13.2. The van der Waals surface area contributed by atoms with Gasteiger partial charge in [0.25, 0.3) is 0 Å². The number of carbonyl (C=O) groups excluding carboxylic acids is 1. The normalized spacial score (nSPS) is 18.3. The van der Waals surface area contributed by atoms with Crippen LogP contribution in [0.15, 0.2) is 28.7 Å². The molecule has 1 fully saturated rings. The van der Waals surface area contributed by atoms with Crippen LogP contribution in [0.3, 0.4) is 0 Å². The third-order valence-corrected chi connectivity index (χ3v) is 4.15. The van der Waals surface area contributed by atoms with Gasteiger partial charge < -0.3 is 5.73 Å².